The predicted octanol–water partition coefficient (Wildman–Crippen LogP) is 1.33. The van der Waals surface area contributed by atoms with Crippen LogP contribution in [-0.4, -0.2) is 51.3 Å². The van der Waals surface area contributed by atoms with Gasteiger partial charge in [0.2, 0.25) is 0 Å². The van der Waals surface area contributed by atoms with Gasteiger partial charge in [-0.1, -0.05) is 6.92 Å². The van der Waals surface area contributed by atoms with Gasteiger partial charge in [0.05, 0.1) is 6.61 Å². The molecule has 0 aromatic rings. The molecule has 0 amide bonds. The van der Waals surface area contributed by atoms with Gasteiger partial charge in [0, 0.05) is 13.1 Å². The molecular weight excluding hydrogens is 190 g/mol. The Balaban J connectivity index is 3.72. The van der Waals surface area contributed by atoms with Crippen LogP contribution in [0.1, 0.15) is 26.7 Å². The van der Waals surface area contributed by atoms with Crippen LogP contribution in [0.2, 0.25) is 0 Å². The van der Waals surface area contributed by atoms with Crippen molar-refractivity contribution < 1.29 is 4.74 Å². The van der Waals surface area contributed by atoms with Crippen molar-refractivity contribution in [3.05, 3.63) is 0 Å². The molecule has 0 unspecified atom stereocenters. The van der Waals surface area contributed by atoms with Gasteiger partial charge in [0.1, 0.15) is 0 Å². The summed E-state index contributed by atoms with van der Waals surface area (Å²) in [7, 11) is 4.14. The van der Waals surface area contributed by atoms with Gasteiger partial charge in [0.15, 0.2) is 0 Å². The lowest BCUT2D eigenvalue weighted by Gasteiger charge is -2.10. The third-order valence-corrected chi connectivity index (χ3v) is 1.79. The Hall–Kier alpha value is -0.770. The molecule has 0 saturated heterocycles. The average molecular weight is 215 g/mol. The molecule has 0 aliphatic rings. The molecule has 0 aliphatic carbocycles. The minimum absolute atomic E-state index is 0.693. The first-order valence-electron chi connectivity index (χ1n) is 5.76. The highest BCUT2D eigenvalue weighted by Crippen LogP contribution is 1.88. The van der Waals surface area contributed by atoms with Crippen molar-refractivity contribution in [1.82, 2.24) is 10.2 Å². The van der Waals surface area contributed by atoms with Gasteiger partial charge < -0.3 is 15.0 Å². The molecular formula is C11H25N3O. The molecule has 0 aliphatic heterocycles. The topological polar surface area (TPSA) is 36.9 Å². The number of hydrogen-bond donors (Lipinski definition) is 1. The number of nitrogens with zero attached hydrogens (tertiary/aromatic N) is 2. The molecule has 0 spiro atoms. The first-order chi connectivity index (χ1) is 7.20. The highest BCUT2D eigenvalue weighted by atomic mass is 16.5. The largest absolute Gasteiger partial charge is 0.465 e. The lowest BCUT2D eigenvalue weighted by Crippen LogP contribution is -2.26. The Morgan fingerprint density at radius 3 is 2.60 bits per heavy atom. The van der Waals surface area contributed by atoms with E-state index in [1.54, 1.807) is 0 Å². The lowest BCUT2D eigenvalue weighted by molar-refractivity contribution is 0.287. The van der Waals surface area contributed by atoms with Crippen LogP contribution in [0.15, 0.2) is 4.99 Å². The van der Waals surface area contributed by atoms with Crippen LogP contribution >= 0.6 is 0 Å². The van der Waals surface area contributed by atoms with Gasteiger partial charge in [-0.2, -0.15) is 0 Å². The monoisotopic (exact) mass is 215 g/mol. The van der Waals surface area contributed by atoms with Crippen LogP contribution < -0.4 is 5.32 Å². The number of nitrogens with one attached hydrogen (secondary N) is 1. The van der Waals surface area contributed by atoms with Crippen LogP contribution in [0, 0.1) is 0 Å². The van der Waals surface area contributed by atoms with Crippen molar-refractivity contribution in [1.29, 1.82) is 0 Å². The summed E-state index contributed by atoms with van der Waals surface area (Å²) in [6, 6.07) is 0.693. The smallest absolute Gasteiger partial charge is 0.284 e. The SMILES string of the molecule is CCCOC(=NCCCN(C)C)NCC. The van der Waals surface area contributed by atoms with Gasteiger partial charge in [-0.3, -0.25) is 0 Å². The normalized spacial score (nSPS) is 11.9. The molecule has 0 fully saturated rings. The Kier molecular flexibility index (Phi) is 9.27. The second-order valence-corrected chi connectivity index (χ2v) is 3.72. The number of ether oxygens (including phenoxy) is 1. The summed E-state index contributed by atoms with van der Waals surface area (Å²) in [4.78, 5) is 6.54. The number of aliphatic imine (C=N–C) groups is 1. The standard InChI is InChI=1S/C11H25N3O/c1-5-10-15-11(12-6-2)13-8-7-9-14(3)4/h5-10H2,1-4H3,(H,12,13). The zero-order valence-electron chi connectivity index (χ0n) is 10.5. The molecule has 0 bridgehead atoms. The van der Waals surface area contributed by atoms with Gasteiger partial charge in [0.25, 0.3) is 6.02 Å². The fraction of sp³-hybridized carbons (Fsp3) is 0.909. The fourth-order valence-electron chi connectivity index (χ4n) is 1.07. The maximum Gasteiger partial charge on any atom is 0.284 e. The number of hydrogen-bond acceptors (Lipinski definition) is 3. The van der Waals surface area contributed by atoms with E-state index in [-0.39, 0.29) is 0 Å². The van der Waals surface area contributed by atoms with E-state index in [0.717, 1.165) is 39.1 Å². The Morgan fingerprint density at radius 1 is 1.33 bits per heavy atom. The highest BCUT2D eigenvalue weighted by molar-refractivity contribution is 5.73. The van der Waals surface area contributed by atoms with Crippen molar-refractivity contribution in [2.75, 3.05) is 40.3 Å². The van der Waals surface area contributed by atoms with Crippen molar-refractivity contribution >= 4 is 6.02 Å². The van der Waals surface area contributed by atoms with E-state index < -0.39 is 0 Å². The summed E-state index contributed by atoms with van der Waals surface area (Å²) in [6.07, 6.45) is 2.08. The van der Waals surface area contributed by atoms with E-state index in [1.807, 2.05) is 6.92 Å². The van der Waals surface area contributed by atoms with E-state index in [4.69, 9.17) is 4.74 Å². The second-order valence-electron chi connectivity index (χ2n) is 3.72. The summed E-state index contributed by atoms with van der Waals surface area (Å²) >= 11 is 0. The summed E-state index contributed by atoms with van der Waals surface area (Å²) in [6.45, 7) is 7.62. The highest BCUT2D eigenvalue weighted by Gasteiger charge is 1.97. The average Bonchev–Trinajstić information content (AvgIpc) is 2.20. The van der Waals surface area contributed by atoms with Gasteiger partial charge in [-0.05, 0) is 40.4 Å². The molecule has 0 atom stereocenters. The quantitative estimate of drug-likeness (QED) is 0.395. The van der Waals surface area contributed by atoms with E-state index >= 15 is 0 Å². The molecule has 1 N–H and O–H groups in total. The Labute approximate surface area is 93.7 Å². The summed E-state index contributed by atoms with van der Waals surface area (Å²) in [5, 5.41) is 3.12. The van der Waals surface area contributed by atoms with E-state index in [2.05, 4.69) is 36.2 Å². The van der Waals surface area contributed by atoms with Crippen LogP contribution in [-0.2, 0) is 4.74 Å². The van der Waals surface area contributed by atoms with Crippen molar-refractivity contribution in [3.63, 3.8) is 0 Å². The summed E-state index contributed by atoms with van der Waals surface area (Å²) in [5.41, 5.74) is 0. The third-order valence-electron chi connectivity index (χ3n) is 1.79. The minimum atomic E-state index is 0.693. The van der Waals surface area contributed by atoms with Crippen LogP contribution in [0.5, 0.6) is 0 Å². The zero-order valence-corrected chi connectivity index (χ0v) is 10.5. The molecule has 15 heavy (non-hydrogen) atoms. The summed E-state index contributed by atoms with van der Waals surface area (Å²) in [5.74, 6) is 0. The third kappa shape index (κ3) is 9.53. The van der Waals surface area contributed by atoms with Gasteiger partial charge >= 0.3 is 0 Å². The lowest BCUT2D eigenvalue weighted by atomic mass is 10.4. The first kappa shape index (κ1) is 14.2. The molecule has 0 saturated carbocycles. The van der Waals surface area contributed by atoms with E-state index in [1.165, 1.54) is 0 Å². The van der Waals surface area contributed by atoms with Gasteiger partial charge in [-0.25, -0.2) is 4.99 Å². The summed E-state index contributed by atoms with van der Waals surface area (Å²) < 4.78 is 5.46. The van der Waals surface area contributed by atoms with Crippen LogP contribution in [0.3, 0.4) is 0 Å². The molecule has 0 aromatic heterocycles. The molecule has 0 aromatic carbocycles. The van der Waals surface area contributed by atoms with Crippen LogP contribution in [0.4, 0.5) is 0 Å². The van der Waals surface area contributed by atoms with Crippen molar-refractivity contribution in [2.24, 2.45) is 4.99 Å². The minimum Gasteiger partial charge on any atom is -0.465 e. The number of rotatable bonds is 7. The van der Waals surface area contributed by atoms with Crippen molar-refractivity contribution in [2.45, 2.75) is 26.7 Å². The molecule has 0 heterocycles. The van der Waals surface area contributed by atoms with E-state index in [9.17, 15) is 0 Å². The second kappa shape index (κ2) is 9.77. The fourth-order valence-corrected chi connectivity index (χ4v) is 1.07. The Morgan fingerprint density at radius 2 is 2.07 bits per heavy atom. The van der Waals surface area contributed by atoms with Crippen molar-refractivity contribution in [3.8, 4) is 0 Å². The molecule has 0 radical (unpaired) electrons. The molecule has 4 heteroatoms. The predicted molar refractivity (Wildman–Crippen MR) is 65.4 cm³/mol. The molecule has 0 rings (SSSR count). The molecule has 90 valence electrons. The Bertz CT molecular complexity index is 169. The van der Waals surface area contributed by atoms with Gasteiger partial charge in [-0.15, -0.1) is 0 Å². The first-order valence-corrected chi connectivity index (χ1v) is 5.76. The maximum atomic E-state index is 5.46. The molecule has 4 nitrogen and oxygen atoms in total. The zero-order chi connectivity index (χ0) is 11.5. The van der Waals surface area contributed by atoms with E-state index in [0.29, 0.717) is 6.02 Å². The van der Waals surface area contributed by atoms with Crippen LogP contribution in [0.25, 0.3) is 0 Å². The number of amidine groups is 1. The maximum absolute atomic E-state index is 5.46.